The molecule has 0 saturated carbocycles. The van der Waals surface area contributed by atoms with Gasteiger partial charge in [0, 0.05) is 13.1 Å². The topological polar surface area (TPSA) is 27.0 Å². The van der Waals surface area contributed by atoms with Crippen LogP contribution in [0.1, 0.15) is 27.7 Å². The first-order chi connectivity index (χ1) is 6.45. The van der Waals surface area contributed by atoms with Crippen molar-refractivity contribution in [3.05, 3.63) is 0 Å². The van der Waals surface area contributed by atoms with Crippen molar-refractivity contribution in [1.82, 2.24) is 4.90 Å². The smallest absolute Gasteiger partial charge is 0.0666 e. The molecule has 0 fully saturated rings. The van der Waals surface area contributed by atoms with E-state index in [1.165, 1.54) is 0 Å². The highest BCUT2D eigenvalue weighted by Gasteiger charge is 2.20. The quantitative estimate of drug-likeness (QED) is 0.688. The summed E-state index contributed by atoms with van der Waals surface area (Å²) in [5.41, 5.74) is 0.230. The first-order valence-corrected chi connectivity index (χ1v) is 5.81. The highest BCUT2D eigenvalue weighted by atomic mass is 32.1. The van der Waals surface area contributed by atoms with Gasteiger partial charge < -0.3 is 4.90 Å². The SMILES string of the molecule is CCN(CC(C)C#N)CC(C)(C)CS. The molecule has 0 spiro atoms. The minimum absolute atomic E-state index is 0.116. The first-order valence-electron chi connectivity index (χ1n) is 5.18. The van der Waals surface area contributed by atoms with E-state index in [1.54, 1.807) is 0 Å². The molecule has 14 heavy (non-hydrogen) atoms. The zero-order chi connectivity index (χ0) is 11.2. The number of hydrogen-bond donors (Lipinski definition) is 1. The summed E-state index contributed by atoms with van der Waals surface area (Å²) in [5.74, 6) is 0.996. The van der Waals surface area contributed by atoms with Gasteiger partial charge in [0.2, 0.25) is 0 Å². The lowest BCUT2D eigenvalue weighted by Crippen LogP contribution is -2.37. The Morgan fingerprint density at radius 1 is 1.50 bits per heavy atom. The van der Waals surface area contributed by atoms with E-state index in [-0.39, 0.29) is 11.3 Å². The second-order valence-electron chi connectivity index (χ2n) is 4.68. The van der Waals surface area contributed by atoms with E-state index in [4.69, 9.17) is 5.26 Å². The van der Waals surface area contributed by atoms with Gasteiger partial charge in [-0.1, -0.05) is 20.8 Å². The fourth-order valence-electron chi connectivity index (χ4n) is 1.39. The number of thiol groups is 1. The van der Waals surface area contributed by atoms with E-state index in [2.05, 4.69) is 44.4 Å². The van der Waals surface area contributed by atoms with Gasteiger partial charge in [0.15, 0.2) is 0 Å². The summed E-state index contributed by atoms with van der Waals surface area (Å²) >= 11 is 4.34. The third kappa shape index (κ3) is 5.51. The van der Waals surface area contributed by atoms with Crippen molar-refractivity contribution in [2.24, 2.45) is 11.3 Å². The van der Waals surface area contributed by atoms with Crippen LogP contribution in [-0.2, 0) is 0 Å². The molecule has 0 heterocycles. The van der Waals surface area contributed by atoms with Crippen LogP contribution in [0.4, 0.5) is 0 Å². The lowest BCUT2D eigenvalue weighted by molar-refractivity contribution is 0.192. The Morgan fingerprint density at radius 3 is 2.43 bits per heavy atom. The fraction of sp³-hybridized carbons (Fsp3) is 0.909. The third-order valence-electron chi connectivity index (χ3n) is 2.28. The summed E-state index contributed by atoms with van der Waals surface area (Å²) in [7, 11) is 0. The van der Waals surface area contributed by atoms with Gasteiger partial charge >= 0.3 is 0 Å². The summed E-state index contributed by atoms with van der Waals surface area (Å²) in [4.78, 5) is 2.32. The molecule has 3 heteroatoms. The maximum absolute atomic E-state index is 8.74. The Morgan fingerprint density at radius 2 is 2.07 bits per heavy atom. The lowest BCUT2D eigenvalue weighted by Gasteiger charge is -2.31. The Hall–Kier alpha value is -0.200. The van der Waals surface area contributed by atoms with Gasteiger partial charge in [0.1, 0.15) is 0 Å². The number of nitrogens with zero attached hydrogens (tertiary/aromatic N) is 2. The number of rotatable bonds is 6. The molecule has 0 aromatic carbocycles. The highest BCUT2D eigenvalue weighted by Crippen LogP contribution is 2.18. The molecule has 82 valence electrons. The molecule has 0 rings (SSSR count). The maximum atomic E-state index is 8.74. The largest absolute Gasteiger partial charge is 0.302 e. The molecule has 0 aromatic heterocycles. The van der Waals surface area contributed by atoms with Crippen molar-refractivity contribution in [1.29, 1.82) is 5.26 Å². The van der Waals surface area contributed by atoms with Crippen LogP contribution in [0.3, 0.4) is 0 Å². The van der Waals surface area contributed by atoms with Gasteiger partial charge in [-0.2, -0.15) is 17.9 Å². The normalized spacial score (nSPS) is 14.1. The van der Waals surface area contributed by atoms with Crippen LogP contribution in [0.25, 0.3) is 0 Å². The van der Waals surface area contributed by atoms with Crippen LogP contribution >= 0.6 is 12.6 Å². The zero-order valence-corrected chi connectivity index (χ0v) is 10.6. The van der Waals surface area contributed by atoms with Crippen molar-refractivity contribution < 1.29 is 0 Å². The van der Waals surface area contributed by atoms with Crippen molar-refractivity contribution in [2.75, 3.05) is 25.4 Å². The minimum atomic E-state index is 0.116. The Balaban J connectivity index is 4.10. The second-order valence-corrected chi connectivity index (χ2v) is 5.00. The monoisotopic (exact) mass is 214 g/mol. The van der Waals surface area contributed by atoms with E-state index in [1.807, 2.05) is 6.92 Å². The van der Waals surface area contributed by atoms with E-state index >= 15 is 0 Å². The zero-order valence-electron chi connectivity index (χ0n) is 9.75. The average molecular weight is 214 g/mol. The van der Waals surface area contributed by atoms with Crippen LogP contribution < -0.4 is 0 Å². The van der Waals surface area contributed by atoms with Crippen LogP contribution in [0.15, 0.2) is 0 Å². The van der Waals surface area contributed by atoms with Crippen LogP contribution in [0, 0.1) is 22.7 Å². The van der Waals surface area contributed by atoms with Gasteiger partial charge in [-0.3, -0.25) is 0 Å². The second kappa shape index (κ2) is 6.31. The lowest BCUT2D eigenvalue weighted by atomic mass is 9.95. The molecule has 0 bridgehead atoms. The Labute approximate surface area is 93.7 Å². The van der Waals surface area contributed by atoms with Crippen molar-refractivity contribution >= 4 is 12.6 Å². The molecule has 0 saturated heterocycles. The van der Waals surface area contributed by atoms with Gasteiger partial charge in [0.25, 0.3) is 0 Å². The molecule has 1 atom stereocenters. The highest BCUT2D eigenvalue weighted by molar-refractivity contribution is 7.80. The molecule has 0 aliphatic rings. The predicted octanol–water partition coefficient (Wildman–Crippen LogP) is 2.42. The third-order valence-corrected chi connectivity index (χ3v) is 3.14. The van der Waals surface area contributed by atoms with Crippen LogP contribution in [0.2, 0.25) is 0 Å². The van der Waals surface area contributed by atoms with Crippen LogP contribution in [0.5, 0.6) is 0 Å². The van der Waals surface area contributed by atoms with Crippen molar-refractivity contribution in [3.8, 4) is 6.07 Å². The molecule has 0 radical (unpaired) electrons. The standard InChI is InChI=1S/C11H22N2S/c1-5-13(7-10(2)6-12)8-11(3,4)9-14/h10,14H,5,7-9H2,1-4H3. The van der Waals surface area contributed by atoms with Crippen molar-refractivity contribution in [2.45, 2.75) is 27.7 Å². The van der Waals surface area contributed by atoms with E-state index < -0.39 is 0 Å². The van der Waals surface area contributed by atoms with E-state index in [9.17, 15) is 0 Å². The van der Waals surface area contributed by atoms with Crippen molar-refractivity contribution in [3.63, 3.8) is 0 Å². The number of hydrogen-bond acceptors (Lipinski definition) is 3. The summed E-state index contributed by atoms with van der Waals surface area (Å²) in [6.07, 6.45) is 0. The molecule has 0 aliphatic carbocycles. The molecule has 0 aliphatic heterocycles. The molecule has 0 N–H and O–H groups in total. The summed E-state index contributed by atoms with van der Waals surface area (Å²) in [6, 6.07) is 2.27. The molecule has 1 unspecified atom stereocenters. The van der Waals surface area contributed by atoms with Gasteiger partial charge in [-0.15, -0.1) is 0 Å². The fourth-order valence-corrected chi connectivity index (χ4v) is 1.49. The predicted molar refractivity (Wildman–Crippen MR) is 64.5 cm³/mol. The summed E-state index contributed by atoms with van der Waals surface area (Å²) in [6.45, 7) is 11.4. The maximum Gasteiger partial charge on any atom is 0.0666 e. The first kappa shape index (κ1) is 13.8. The van der Waals surface area contributed by atoms with Crippen LogP contribution in [-0.4, -0.2) is 30.3 Å². The average Bonchev–Trinajstić information content (AvgIpc) is 2.16. The molecular weight excluding hydrogens is 192 g/mol. The van der Waals surface area contributed by atoms with Gasteiger partial charge in [0.05, 0.1) is 12.0 Å². The molecule has 0 amide bonds. The minimum Gasteiger partial charge on any atom is -0.302 e. The van der Waals surface area contributed by atoms with E-state index in [0.717, 1.165) is 25.4 Å². The Kier molecular flexibility index (Phi) is 6.22. The summed E-state index contributed by atoms with van der Waals surface area (Å²) < 4.78 is 0. The number of nitriles is 1. The molecular formula is C11H22N2S. The molecule has 2 nitrogen and oxygen atoms in total. The Bertz CT molecular complexity index is 196. The van der Waals surface area contributed by atoms with E-state index in [0.29, 0.717) is 0 Å². The summed E-state index contributed by atoms with van der Waals surface area (Å²) in [5, 5.41) is 8.74. The molecule has 0 aromatic rings. The van der Waals surface area contributed by atoms with Gasteiger partial charge in [-0.25, -0.2) is 0 Å². The van der Waals surface area contributed by atoms with Gasteiger partial charge in [-0.05, 0) is 24.6 Å².